The lowest BCUT2D eigenvalue weighted by atomic mass is 9.96. The molecule has 0 saturated carbocycles. The number of pyridine rings is 1. The lowest BCUT2D eigenvalue weighted by Crippen LogP contribution is -2.47. The highest BCUT2D eigenvalue weighted by Crippen LogP contribution is 2.38. The summed E-state index contributed by atoms with van der Waals surface area (Å²) < 4.78 is 46.6. The summed E-state index contributed by atoms with van der Waals surface area (Å²) in [5.74, 6) is 0.399. The fourth-order valence-corrected chi connectivity index (χ4v) is 4.69. The number of hydrogen-bond acceptors (Lipinski definition) is 5. The molecule has 2 fully saturated rings. The summed E-state index contributed by atoms with van der Waals surface area (Å²) in [5.41, 5.74) is 0.130. The number of piperazine rings is 1. The number of aromatic nitrogens is 1. The quantitative estimate of drug-likeness (QED) is 0.713. The summed E-state index contributed by atoms with van der Waals surface area (Å²) in [7, 11) is 2.15. The van der Waals surface area contributed by atoms with Crippen LogP contribution in [-0.4, -0.2) is 80.4 Å². The molecule has 2 atom stereocenters. The maximum absolute atomic E-state index is 13.4. The van der Waals surface area contributed by atoms with Gasteiger partial charge in [-0.25, -0.2) is 0 Å². The van der Waals surface area contributed by atoms with E-state index in [9.17, 15) is 13.2 Å². The van der Waals surface area contributed by atoms with E-state index in [1.54, 1.807) is 18.2 Å². The Morgan fingerprint density at radius 2 is 1.87 bits per heavy atom. The largest absolute Gasteiger partial charge is 0.418 e. The molecule has 4 rings (SSSR count). The first-order valence-electron chi connectivity index (χ1n) is 11.0. The first kappa shape index (κ1) is 22.3. The number of ether oxygens (including phenoxy) is 1. The van der Waals surface area contributed by atoms with Gasteiger partial charge in [0.15, 0.2) is 0 Å². The van der Waals surface area contributed by atoms with E-state index < -0.39 is 11.7 Å². The molecule has 2 aliphatic rings. The Morgan fingerprint density at radius 3 is 2.61 bits per heavy atom. The summed E-state index contributed by atoms with van der Waals surface area (Å²) >= 11 is 0. The zero-order chi connectivity index (χ0) is 22.0. The molecule has 2 unspecified atom stereocenters. The molecule has 3 heterocycles. The van der Waals surface area contributed by atoms with Crippen LogP contribution < -0.4 is 4.90 Å². The number of nitrogens with zero attached hydrogens (tertiary/aromatic N) is 4. The fourth-order valence-electron chi connectivity index (χ4n) is 4.69. The number of fused-ring (bicyclic) bond motifs is 1. The zero-order valence-corrected chi connectivity index (χ0v) is 18.2. The van der Waals surface area contributed by atoms with E-state index in [0.29, 0.717) is 24.5 Å². The number of piperidine rings is 1. The third kappa shape index (κ3) is 5.30. The molecule has 8 heteroatoms. The molecule has 0 aliphatic carbocycles. The predicted octanol–water partition coefficient (Wildman–Crippen LogP) is 3.73. The summed E-state index contributed by atoms with van der Waals surface area (Å²) in [5, 5.41) is 0.544. The molecule has 0 N–H and O–H groups in total. The van der Waals surface area contributed by atoms with Crippen LogP contribution in [0.2, 0.25) is 0 Å². The number of hydrogen-bond donors (Lipinski definition) is 0. The highest BCUT2D eigenvalue weighted by molar-refractivity contribution is 5.94. The van der Waals surface area contributed by atoms with Gasteiger partial charge in [0.2, 0.25) is 0 Å². The first-order chi connectivity index (χ1) is 14.8. The Balaban J connectivity index is 1.45. The Kier molecular flexibility index (Phi) is 6.69. The second-order valence-corrected chi connectivity index (χ2v) is 8.91. The van der Waals surface area contributed by atoms with E-state index in [1.807, 2.05) is 0 Å². The maximum atomic E-state index is 13.4. The second-order valence-electron chi connectivity index (χ2n) is 8.91. The van der Waals surface area contributed by atoms with Crippen LogP contribution in [0.15, 0.2) is 30.5 Å². The highest BCUT2D eigenvalue weighted by Gasteiger charge is 2.35. The summed E-state index contributed by atoms with van der Waals surface area (Å²) in [6.45, 7) is 9.57. The van der Waals surface area contributed by atoms with Crippen LogP contribution >= 0.6 is 0 Å². The molecule has 0 radical (unpaired) electrons. The van der Waals surface area contributed by atoms with Crippen molar-refractivity contribution in [2.75, 3.05) is 64.4 Å². The Bertz CT molecular complexity index is 883. The van der Waals surface area contributed by atoms with Gasteiger partial charge in [-0.05, 0) is 43.7 Å². The van der Waals surface area contributed by atoms with Gasteiger partial charge in [-0.3, -0.25) is 9.88 Å². The number of alkyl halides is 3. The smallest absolute Gasteiger partial charge is 0.375 e. The van der Waals surface area contributed by atoms with Gasteiger partial charge in [0.25, 0.3) is 0 Å². The van der Waals surface area contributed by atoms with Gasteiger partial charge in [0.1, 0.15) is 0 Å². The Morgan fingerprint density at radius 1 is 1.10 bits per heavy atom. The molecule has 170 valence electrons. The van der Waals surface area contributed by atoms with E-state index in [4.69, 9.17) is 4.74 Å². The molecular weight excluding hydrogens is 405 g/mol. The van der Waals surface area contributed by atoms with Crippen LogP contribution in [0, 0.1) is 5.92 Å². The molecule has 2 aromatic rings. The van der Waals surface area contributed by atoms with Gasteiger partial charge < -0.3 is 14.5 Å². The molecule has 0 bridgehead atoms. The average molecular weight is 437 g/mol. The van der Waals surface area contributed by atoms with E-state index >= 15 is 0 Å². The van der Waals surface area contributed by atoms with E-state index in [-0.39, 0.29) is 11.6 Å². The predicted molar refractivity (Wildman–Crippen MR) is 116 cm³/mol. The summed E-state index contributed by atoms with van der Waals surface area (Å²) in [6, 6.07) is 6.18. The second kappa shape index (κ2) is 9.30. The molecule has 0 spiro atoms. The van der Waals surface area contributed by atoms with Crippen LogP contribution in [0.25, 0.3) is 10.9 Å². The van der Waals surface area contributed by atoms with E-state index in [0.717, 1.165) is 57.4 Å². The first-order valence-corrected chi connectivity index (χ1v) is 11.0. The molecular formula is C23H31F3N4O. The minimum absolute atomic E-state index is 0.0123. The molecule has 2 saturated heterocycles. The lowest BCUT2D eigenvalue weighted by Gasteiger charge is -2.39. The van der Waals surface area contributed by atoms with Gasteiger partial charge in [-0.2, -0.15) is 13.2 Å². The number of likely N-dealkylation sites (N-methyl/N-ethyl adjacent to an activating group) is 1. The highest BCUT2D eigenvalue weighted by atomic mass is 19.4. The van der Waals surface area contributed by atoms with Crippen LogP contribution in [0.1, 0.15) is 18.9 Å². The number of halogens is 3. The molecule has 1 aromatic heterocycles. The maximum Gasteiger partial charge on any atom is 0.418 e. The summed E-state index contributed by atoms with van der Waals surface area (Å²) in [6.07, 6.45) is -1.96. The van der Waals surface area contributed by atoms with Crippen molar-refractivity contribution in [1.29, 1.82) is 0 Å². The van der Waals surface area contributed by atoms with E-state index in [1.165, 1.54) is 6.20 Å². The lowest BCUT2D eigenvalue weighted by molar-refractivity contribution is -0.136. The number of rotatable bonds is 5. The topological polar surface area (TPSA) is 31.8 Å². The minimum atomic E-state index is -4.42. The van der Waals surface area contributed by atoms with Crippen molar-refractivity contribution in [3.8, 4) is 0 Å². The van der Waals surface area contributed by atoms with Gasteiger partial charge >= 0.3 is 6.18 Å². The standard InChI is InChI=1S/C23H31F3N4O/c1-17-14-18(31-13-12-29-10-8-28(2)9-11-29)16-30(15-17)21-6-5-20(23(24,25)26)22-19(21)4-3-7-27-22/h3-7,17-18H,8-16H2,1-2H3. The minimum Gasteiger partial charge on any atom is -0.375 e. The third-order valence-electron chi connectivity index (χ3n) is 6.37. The van der Waals surface area contributed by atoms with Gasteiger partial charge in [0.05, 0.1) is 23.8 Å². The zero-order valence-electron chi connectivity index (χ0n) is 18.2. The van der Waals surface area contributed by atoms with Crippen LogP contribution in [0.3, 0.4) is 0 Å². The monoisotopic (exact) mass is 436 g/mol. The van der Waals surface area contributed by atoms with Crippen molar-refractivity contribution in [2.24, 2.45) is 5.92 Å². The normalized spacial score (nSPS) is 24.1. The van der Waals surface area contributed by atoms with Gasteiger partial charge in [0, 0.05) is 63.1 Å². The van der Waals surface area contributed by atoms with Crippen molar-refractivity contribution < 1.29 is 17.9 Å². The van der Waals surface area contributed by atoms with E-state index in [2.05, 4.69) is 33.7 Å². The average Bonchev–Trinajstić information content (AvgIpc) is 2.73. The number of anilines is 1. The molecule has 2 aliphatic heterocycles. The van der Waals surface area contributed by atoms with Crippen LogP contribution in [0.4, 0.5) is 18.9 Å². The molecule has 31 heavy (non-hydrogen) atoms. The molecule has 0 amide bonds. The Labute approximate surface area is 181 Å². The van der Waals surface area contributed by atoms with Crippen molar-refractivity contribution in [2.45, 2.75) is 25.6 Å². The van der Waals surface area contributed by atoms with Crippen molar-refractivity contribution in [3.05, 3.63) is 36.0 Å². The Hall–Kier alpha value is -1.90. The van der Waals surface area contributed by atoms with Crippen LogP contribution in [-0.2, 0) is 10.9 Å². The summed E-state index contributed by atoms with van der Waals surface area (Å²) in [4.78, 5) is 11.0. The van der Waals surface area contributed by atoms with Crippen molar-refractivity contribution >= 4 is 16.6 Å². The van der Waals surface area contributed by atoms with Crippen molar-refractivity contribution in [1.82, 2.24) is 14.8 Å². The van der Waals surface area contributed by atoms with Crippen molar-refractivity contribution in [3.63, 3.8) is 0 Å². The van der Waals surface area contributed by atoms with Gasteiger partial charge in [-0.15, -0.1) is 0 Å². The van der Waals surface area contributed by atoms with Crippen LogP contribution in [0.5, 0.6) is 0 Å². The SMILES string of the molecule is CC1CC(OCCN2CCN(C)CC2)CN(c2ccc(C(F)(F)F)c3ncccc23)C1. The fraction of sp³-hybridized carbons (Fsp3) is 0.609. The third-order valence-corrected chi connectivity index (χ3v) is 6.37. The molecule has 1 aromatic carbocycles. The van der Waals surface area contributed by atoms with Gasteiger partial charge in [-0.1, -0.05) is 6.92 Å². The molecule has 5 nitrogen and oxygen atoms in total. The number of benzene rings is 1.